The summed E-state index contributed by atoms with van der Waals surface area (Å²) in [7, 11) is 0. The number of aryl methyl sites for hydroxylation is 1. The average Bonchev–Trinajstić information content (AvgIpc) is 2.73. The lowest BCUT2D eigenvalue weighted by Crippen LogP contribution is -2.41. The first kappa shape index (κ1) is 19.1. The van der Waals surface area contributed by atoms with Crippen molar-refractivity contribution >= 4 is 23.6 Å². The number of carboxylic acid groups (broad SMARTS) is 1. The molecule has 2 aliphatic rings. The molecule has 0 saturated carbocycles. The van der Waals surface area contributed by atoms with E-state index < -0.39 is 5.97 Å². The Morgan fingerprint density at radius 2 is 1.75 bits per heavy atom. The molecule has 2 aromatic carbocycles. The molecule has 1 fully saturated rings. The molecular weight excluding hydrogens is 370 g/mol. The molecule has 1 unspecified atom stereocenters. The van der Waals surface area contributed by atoms with Crippen molar-refractivity contribution in [3.05, 3.63) is 70.8 Å². The molecule has 5 heteroatoms. The Morgan fingerprint density at radius 3 is 2.54 bits per heavy atom. The number of benzene rings is 2. The van der Waals surface area contributed by atoms with Crippen molar-refractivity contribution in [3.8, 4) is 0 Å². The van der Waals surface area contributed by atoms with Crippen LogP contribution >= 0.6 is 11.8 Å². The maximum absolute atomic E-state index is 13.2. The van der Waals surface area contributed by atoms with Crippen molar-refractivity contribution in [2.24, 2.45) is 5.92 Å². The smallest absolute Gasteiger partial charge is 0.335 e. The zero-order valence-electron chi connectivity index (χ0n) is 15.8. The summed E-state index contributed by atoms with van der Waals surface area (Å²) < 4.78 is 0. The van der Waals surface area contributed by atoms with Crippen LogP contribution < -0.4 is 0 Å². The number of fused-ring (bicyclic) bond motifs is 1. The Balaban J connectivity index is 1.39. The van der Waals surface area contributed by atoms with Gasteiger partial charge in [0.1, 0.15) is 5.25 Å². The second-order valence-corrected chi connectivity index (χ2v) is 8.85. The summed E-state index contributed by atoms with van der Waals surface area (Å²) in [6.07, 6.45) is 3.67. The van der Waals surface area contributed by atoms with E-state index in [0.717, 1.165) is 50.1 Å². The van der Waals surface area contributed by atoms with Crippen LogP contribution in [0.3, 0.4) is 0 Å². The summed E-state index contributed by atoms with van der Waals surface area (Å²) in [5.41, 5.74) is 3.79. The molecule has 146 valence electrons. The Hall–Kier alpha value is -2.27. The lowest BCUT2D eigenvalue weighted by atomic mass is 9.88. The Bertz CT molecular complexity index is 874. The molecule has 0 aromatic heterocycles. The van der Waals surface area contributed by atoms with E-state index in [2.05, 4.69) is 18.2 Å². The summed E-state index contributed by atoms with van der Waals surface area (Å²) in [5.74, 6) is 0.796. The van der Waals surface area contributed by atoms with Gasteiger partial charge >= 0.3 is 5.97 Å². The van der Waals surface area contributed by atoms with Crippen molar-refractivity contribution in [1.82, 2.24) is 4.90 Å². The number of hydrogen-bond donors (Lipinski definition) is 1. The highest BCUT2D eigenvalue weighted by Crippen LogP contribution is 2.38. The fourth-order valence-corrected chi connectivity index (χ4v) is 5.61. The third kappa shape index (κ3) is 3.95. The van der Waals surface area contributed by atoms with E-state index in [0.29, 0.717) is 11.5 Å². The fraction of sp³-hybridized carbons (Fsp3) is 0.391. The molecule has 4 rings (SSSR count). The quantitative estimate of drug-likeness (QED) is 0.843. The van der Waals surface area contributed by atoms with Crippen LogP contribution in [0.25, 0.3) is 0 Å². The molecule has 2 aliphatic heterocycles. The minimum atomic E-state index is -0.865. The molecule has 0 bridgehead atoms. The zero-order chi connectivity index (χ0) is 19.5. The van der Waals surface area contributed by atoms with E-state index in [9.17, 15) is 14.7 Å². The average molecular weight is 396 g/mol. The number of likely N-dealkylation sites (tertiary alicyclic amines) is 1. The summed E-state index contributed by atoms with van der Waals surface area (Å²) in [4.78, 5) is 26.6. The summed E-state index contributed by atoms with van der Waals surface area (Å²) in [5, 5.41) is 9.30. The number of aromatic carboxylic acids is 1. The number of hydrogen-bond acceptors (Lipinski definition) is 3. The van der Waals surface area contributed by atoms with Crippen molar-refractivity contribution < 1.29 is 14.7 Å². The Morgan fingerprint density at radius 1 is 1.04 bits per heavy atom. The molecule has 1 saturated heterocycles. The van der Waals surface area contributed by atoms with Gasteiger partial charge in [0.15, 0.2) is 0 Å². The number of thioether (sulfide) groups is 1. The third-order valence-corrected chi connectivity index (χ3v) is 7.13. The maximum atomic E-state index is 13.2. The molecular formula is C23H25NO3S. The lowest BCUT2D eigenvalue weighted by molar-refractivity contribution is -0.132. The first-order chi connectivity index (χ1) is 13.6. The zero-order valence-corrected chi connectivity index (χ0v) is 16.7. The number of piperidine rings is 1. The van der Waals surface area contributed by atoms with Crippen molar-refractivity contribution in [3.63, 3.8) is 0 Å². The second kappa shape index (κ2) is 8.39. The van der Waals surface area contributed by atoms with E-state index in [-0.39, 0.29) is 11.2 Å². The van der Waals surface area contributed by atoms with Crippen molar-refractivity contribution in [2.45, 2.75) is 30.9 Å². The van der Waals surface area contributed by atoms with Gasteiger partial charge in [0, 0.05) is 13.1 Å². The first-order valence-corrected chi connectivity index (χ1v) is 11.0. The van der Waals surface area contributed by atoms with Gasteiger partial charge in [0.2, 0.25) is 5.91 Å². The van der Waals surface area contributed by atoms with E-state index in [1.165, 1.54) is 11.1 Å². The standard InChI is InChI=1S/C23H25NO3S/c25-22(21-19-7-3-1-5-17(19)11-14-28-21)24-12-9-16(10-13-24)15-18-6-2-4-8-20(18)23(26)27/h1-8,16,21H,9-15H2,(H,26,27). The maximum Gasteiger partial charge on any atom is 0.335 e. The van der Waals surface area contributed by atoms with Crippen LogP contribution in [0.1, 0.15) is 45.1 Å². The lowest BCUT2D eigenvalue weighted by Gasteiger charge is -2.35. The second-order valence-electron chi connectivity index (χ2n) is 7.63. The largest absolute Gasteiger partial charge is 0.478 e. The molecule has 0 spiro atoms. The molecule has 0 radical (unpaired) electrons. The number of carbonyl (C=O) groups excluding carboxylic acids is 1. The number of carbonyl (C=O) groups is 2. The molecule has 2 heterocycles. The van der Waals surface area contributed by atoms with Crippen LogP contribution in [0, 0.1) is 5.92 Å². The molecule has 1 atom stereocenters. The van der Waals surface area contributed by atoms with Crippen molar-refractivity contribution in [1.29, 1.82) is 0 Å². The normalized spacial score (nSPS) is 19.9. The van der Waals surface area contributed by atoms with E-state index in [1.54, 1.807) is 23.9 Å². The first-order valence-electron chi connectivity index (χ1n) is 9.93. The predicted octanol–water partition coefficient (Wildman–Crippen LogP) is 4.20. The van der Waals surface area contributed by atoms with Gasteiger partial charge in [0.05, 0.1) is 5.56 Å². The predicted molar refractivity (Wildman–Crippen MR) is 112 cm³/mol. The van der Waals surface area contributed by atoms with Gasteiger partial charge in [-0.1, -0.05) is 42.5 Å². The summed E-state index contributed by atoms with van der Waals surface area (Å²) in [6.45, 7) is 1.52. The molecule has 4 nitrogen and oxygen atoms in total. The van der Waals surface area contributed by atoms with Gasteiger partial charge in [0.25, 0.3) is 0 Å². The van der Waals surface area contributed by atoms with E-state index in [4.69, 9.17) is 0 Å². The highest BCUT2D eigenvalue weighted by Gasteiger charge is 2.32. The molecule has 2 aromatic rings. The van der Waals surface area contributed by atoms with Crippen LogP contribution in [0.5, 0.6) is 0 Å². The summed E-state index contributed by atoms with van der Waals surface area (Å²) >= 11 is 1.76. The van der Waals surface area contributed by atoms with Crippen LogP contribution in [0.2, 0.25) is 0 Å². The molecule has 1 amide bonds. The molecule has 0 aliphatic carbocycles. The number of nitrogens with zero attached hydrogens (tertiary/aromatic N) is 1. The summed E-state index contributed by atoms with van der Waals surface area (Å²) in [6, 6.07) is 15.6. The highest BCUT2D eigenvalue weighted by atomic mass is 32.2. The Kier molecular flexibility index (Phi) is 5.72. The minimum Gasteiger partial charge on any atom is -0.478 e. The van der Waals surface area contributed by atoms with Crippen LogP contribution in [0.15, 0.2) is 48.5 Å². The highest BCUT2D eigenvalue weighted by molar-refractivity contribution is 8.00. The van der Waals surface area contributed by atoms with E-state index in [1.807, 2.05) is 23.1 Å². The van der Waals surface area contributed by atoms with Gasteiger partial charge in [-0.25, -0.2) is 4.79 Å². The van der Waals surface area contributed by atoms with Gasteiger partial charge in [-0.3, -0.25) is 4.79 Å². The number of rotatable bonds is 4. The third-order valence-electron chi connectivity index (χ3n) is 5.90. The molecule has 28 heavy (non-hydrogen) atoms. The van der Waals surface area contributed by atoms with Gasteiger partial charge in [-0.15, -0.1) is 11.8 Å². The number of carboxylic acids is 1. The van der Waals surface area contributed by atoms with Crippen molar-refractivity contribution in [2.75, 3.05) is 18.8 Å². The van der Waals surface area contributed by atoms with E-state index >= 15 is 0 Å². The topological polar surface area (TPSA) is 57.6 Å². The van der Waals surface area contributed by atoms with Crippen LogP contribution in [0.4, 0.5) is 0 Å². The monoisotopic (exact) mass is 395 g/mol. The van der Waals surface area contributed by atoms with Gasteiger partial charge < -0.3 is 10.0 Å². The van der Waals surface area contributed by atoms with Crippen LogP contribution in [-0.2, 0) is 17.6 Å². The number of amides is 1. The molecule has 1 N–H and O–H groups in total. The van der Waals surface area contributed by atoms with Crippen LogP contribution in [-0.4, -0.2) is 40.7 Å². The minimum absolute atomic E-state index is 0.0748. The fourth-order valence-electron chi connectivity index (χ4n) is 4.34. The Labute approximate surface area is 169 Å². The van der Waals surface area contributed by atoms with Gasteiger partial charge in [-0.05, 0) is 60.1 Å². The van der Waals surface area contributed by atoms with Gasteiger partial charge in [-0.2, -0.15) is 0 Å². The SMILES string of the molecule is O=C(O)c1ccccc1CC1CCN(C(=O)C2SCCc3ccccc32)CC1.